The van der Waals surface area contributed by atoms with Crippen LogP contribution in [0.3, 0.4) is 0 Å². The Bertz CT molecular complexity index is 1390. The molecule has 0 aliphatic heterocycles. The van der Waals surface area contributed by atoms with Gasteiger partial charge in [0.05, 0.1) is 17.3 Å². The Morgan fingerprint density at radius 3 is 2.61 bits per heavy atom. The van der Waals surface area contributed by atoms with Gasteiger partial charge in [-0.1, -0.05) is 36.4 Å². The largest absolute Gasteiger partial charge is 0.382 e. The number of aryl methyl sites for hydroxylation is 1. The van der Waals surface area contributed by atoms with E-state index in [0.29, 0.717) is 11.3 Å². The number of pyridine rings is 1. The van der Waals surface area contributed by atoms with Crippen LogP contribution in [-0.2, 0) is 7.05 Å². The van der Waals surface area contributed by atoms with Crippen LogP contribution in [0.1, 0.15) is 24.1 Å². The van der Waals surface area contributed by atoms with E-state index < -0.39 is 11.9 Å². The fraction of sp³-hybridized carbons (Fsp3) is 0.130. The lowest BCUT2D eigenvalue weighted by Crippen LogP contribution is -2.24. The lowest BCUT2D eigenvalue weighted by molar-refractivity contribution is 0.630. The van der Waals surface area contributed by atoms with E-state index in [4.69, 9.17) is 5.73 Å². The lowest BCUT2D eigenvalue weighted by atomic mass is 9.97. The van der Waals surface area contributed by atoms with Crippen LogP contribution in [0, 0.1) is 17.1 Å². The minimum absolute atomic E-state index is 0.0453. The third kappa shape index (κ3) is 3.36. The topological polar surface area (TPSA) is 110 Å². The Morgan fingerprint density at radius 2 is 1.90 bits per heavy atom. The predicted molar refractivity (Wildman–Crippen MR) is 118 cm³/mol. The molecular weight excluding hydrogens is 395 g/mol. The number of hydrogen-bond donors (Lipinski definition) is 2. The van der Waals surface area contributed by atoms with Crippen LogP contribution in [-0.4, -0.2) is 14.5 Å². The SMILES string of the molecule is CC(Nc1ncnc(N)c1C#N)c1c(-c2ccccc2)n(C)c2c(F)cccc2c1=O. The number of anilines is 2. The van der Waals surface area contributed by atoms with Crippen molar-refractivity contribution < 1.29 is 4.39 Å². The monoisotopic (exact) mass is 414 g/mol. The number of para-hydroxylation sites is 1. The van der Waals surface area contributed by atoms with Gasteiger partial charge in [-0.05, 0) is 24.6 Å². The maximum Gasteiger partial charge on any atom is 0.195 e. The molecule has 4 aromatic rings. The number of benzene rings is 2. The second kappa shape index (κ2) is 7.88. The van der Waals surface area contributed by atoms with Crippen LogP contribution < -0.4 is 16.5 Å². The zero-order valence-corrected chi connectivity index (χ0v) is 16.9. The van der Waals surface area contributed by atoms with Gasteiger partial charge in [0.15, 0.2) is 5.43 Å². The Labute approximate surface area is 177 Å². The fourth-order valence-electron chi connectivity index (χ4n) is 3.83. The van der Waals surface area contributed by atoms with Crippen molar-refractivity contribution in [1.29, 1.82) is 5.26 Å². The van der Waals surface area contributed by atoms with E-state index in [1.54, 1.807) is 24.6 Å². The molecule has 2 heterocycles. The first-order chi connectivity index (χ1) is 14.9. The van der Waals surface area contributed by atoms with Gasteiger partial charge in [0.2, 0.25) is 0 Å². The number of rotatable bonds is 4. The molecule has 0 spiro atoms. The summed E-state index contributed by atoms with van der Waals surface area (Å²) in [5, 5.41) is 12.8. The van der Waals surface area contributed by atoms with Gasteiger partial charge < -0.3 is 15.6 Å². The zero-order chi connectivity index (χ0) is 22.1. The van der Waals surface area contributed by atoms with E-state index in [1.807, 2.05) is 36.4 Å². The van der Waals surface area contributed by atoms with Crippen LogP contribution in [0.25, 0.3) is 22.2 Å². The number of nitrogen functional groups attached to an aromatic ring is 1. The van der Waals surface area contributed by atoms with Crippen LogP contribution >= 0.6 is 0 Å². The molecule has 31 heavy (non-hydrogen) atoms. The molecule has 4 rings (SSSR count). The number of nitrogens with two attached hydrogens (primary N) is 1. The molecule has 1 atom stereocenters. The number of halogens is 1. The van der Waals surface area contributed by atoms with Gasteiger partial charge in [0.1, 0.15) is 35.4 Å². The van der Waals surface area contributed by atoms with E-state index in [1.165, 1.54) is 18.5 Å². The molecule has 154 valence electrons. The molecular formula is C23H19FN6O. The molecule has 3 N–H and O–H groups in total. The fourth-order valence-corrected chi connectivity index (χ4v) is 3.83. The number of aromatic nitrogens is 3. The van der Waals surface area contributed by atoms with Crippen molar-refractivity contribution in [2.75, 3.05) is 11.1 Å². The molecule has 2 aromatic heterocycles. The molecule has 0 amide bonds. The summed E-state index contributed by atoms with van der Waals surface area (Å²) in [6, 6.07) is 15.2. The average molecular weight is 414 g/mol. The molecule has 7 nitrogen and oxygen atoms in total. The molecule has 8 heteroatoms. The quantitative estimate of drug-likeness (QED) is 0.526. The molecule has 0 saturated heterocycles. The van der Waals surface area contributed by atoms with Crippen molar-refractivity contribution in [2.45, 2.75) is 13.0 Å². The first-order valence-electron chi connectivity index (χ1n) is 9.57. The zero-order valence-electron chi connectivity index (χ0n) is 16.9. The minimum Gasteiger partial charge on any atom is -0.382 e. The first kappa shape index (κ1) is 20.0. The van der Waals surface area contributed by atoms with Crippen molar-refractivity contribution in [3.63, 3.8) is 0 Å². The maximum atomic E-state index is 14.7. The summed E-state index contributed by atoms with van der Waals surface area (Å²) in [6.07, 6.45) is 1.25. The van der Waals surface area contributed by atoms with E-state index >= 15 is 0 Å². The highest BCUT2D eigenvalue weighted by atomic mass is 19.1. The van der Waals surface area contributed by atoms with Gasteiger partial charge in [0.25, 0.3) is 0 Å². The van der Waals surface area contributed by atoms with Crippen LogP contribution in [0.5, 0.6) is 0 Å². The average Bonchev–Trinajstić information content (AvgIpc) is 2.76. The standard InChI is InChI=1S/C23H19FN6O/c1-13(29-23-16(11-25)22(26)27-12-28-23)18-19(14-7-4-3-5-8-14)30(2)20-15(21(18)31)9-6-10-17(20)24/h3-10,12-13H,1-2H3,(H3,26,27,28,29). The summed E-state index contributed by atoms with van der Waals surface area (Å²) >= 11 is 0. The second-order valence-corrected chi connectivity index (χ2v) is 7.11. The van der Waals surface area contributed by atoms with Gasteiger partial charge in [-0.2, -0.15) is 5.26 Å². The van der Waals surface area contributed by atoms with E-state index in [9.17, 15) is 14.4 Å². The Kier molecular flexibility index (Phi) is 5.09. The summed E-state index contributed by atoms with van der Waals surface area (Å²) in [5.41, 5.74) is 7.58. The number of fused-ring (bicyclic) bond motifs is 1. The minimum atomic E-state index is -0.567. The molecule has 0 aliphatic rings. The van der Waals surface area contributed by atoms with Gasteiger partial charge in [-0.25, -0.2) is 14.4 Å². The molecule has 2 aromatic carbocycles. The predicted octanol–water partition coefficient (Wildman–Crippen LogP) is 3.76. The van der Waals surface area contributed by atoms with Crippen molar-refractivity contribution in [1.82, 2.24) is 14.5 Å². The van der Waals surface area contributed by atoms with E-state index in [2.05, 4.69) is 15.3 Å². The molecule has 0 saturated carbocycles. The van der Waals surface area contributed by atoms with Gasteiger partial charge in [-0.15, -0.1) is 0 Å². The summed E-state index contributed by atoms with van der Waals surface area (Å²) in [4.78, 5) is 21.5. The third-order valence-corrected chi connectivity index (χ3v) is 5.22. The van der Waals surface area contributed by atoms with E-state index in [-0.39, 0.29) is 33.5 Å². The second-order valence-electron chi connectivity index (χ2n) is 7.11. The summed E-state index contributed by atoms with van der Waals surface area (Å²) in [5.74, 6) is -0.205. The third-order valence-electron chi connectivity index (χ3n) is 5.22. The lowest BCUT2D eigenvalue weighted by Gasteiger charge is -2.23. The van der Waals surface area contributed by atoms with Crippen molar-refractivity contribution in [2.24, 2.45) is 7.05 Å². The molecule has 0 radical (unpaired) electrons. The molecule has 0 aliphatic carbocycles. The smallest absolute Gasteiger partial charge is 0.195 e. The normalized spacial score (nSPS) is 11.8. The summed E-state index contributed by atoms with van der Waals surface area (Å²) in [6.45, 7) is 1.79. The summed E-state index contributed by atoms with van der Waals surface area (Å²) < 4.78 is 16.4. The number of nitrogens with zero attached hydrogens (tertiary/aromatic N) is 4. The van der Waals surface area contributed by atoms with E-state index in [0.717, 1.165) is 5.56 Å². The Balaban J connectivity index is 2.00. The Hall–Kier alpha value is -4.25. The van der Waals surface area contributed by atoms with Gasteiger partial charge >= 0.3 is 0 Å². The highest BCUT2D eigenvalue weighted by Crippen LogP contribution is 2.31. The molecule has 0 bridgehead atoms. The van der Waals surface area contributed by atoms with Crippen molar-refractivity contribution >= 4 is 22.5 Å². The summed E-state index contributed by atoms with van der Waals surface area (Å²) in [7, 11) is 1.73. The van der Waals surface area contributed by atoms with Crippen molar-refractivity contribution in [3.8, 4) is 17.3 Å². The van der Waals surface area contributed by atoms with Gasteiger partial charge in [0, 0.05) is 18.0 Å². The number of nitrogens with one attached hydrogen (secondary N) is 1. The first-order valence-corrected chi connectivity index (χ1v) is 9.57. The Morgan fingerprint density at radius 1 is 1.16 bits per heavy atom. The van der Waals surface area contributed by atoms with Crippen molar-refractivity contribution in [3.05, 3.63) is 82.0 Å². The number of hydrogen-bond acceptors (Lipinski definition) is 6. The number of nitriles is 1. The molecule has 0 fully saturated rings. The highest BCUT2D eigenvalue weighted by molar-refractivity contribution is 5.85. The maximum absolute atomic E-state index is 14.7. The van der Waals surface area contributed by atoms with Crippen LogP contribution in [0.2, 0.25) is 0 Å². The van der Waals surface area contributed by atoms with Crippen LogP contribution in [0.15, 0.2) is 59.7 Å². The van der Waals surface area contributed by atoms with Crippen LogP contribution in [0.4, 0.5) is 16.0 Å². The van der Waals surface area contributed by atoms with Gasteiger partial charge in [-0.3, -0.25) is 4.79 Å². The highest BCUT2D eigenvalue weighted by Gasteiger charge is 2.24. The molecule has 1 unspecified atom stereocenters.